The van der Waals surface area contributed by atoms with Crippen molar-refractivity contribution in [3.8, 4) is 0 Å². The summed E-state index contributed by atoms with van der Waals surface area (Å²) in [4.78, 5) is 12.1. The van der Waals surface area contributed by atoms with Gasteiger partial charge in [0.25, 0.3) is 15.9 Å². The van der Waals surface area contributed by atoms with Gasteiger partial charge in [-0.15, -0.1) is 0 Å². The zero-order chi connectivity index (χ0) is 22.1. The molecular formula is C19H16F3N3O4S. The van der Waals surface area contributed by atoms with E-state index in [9.17, 15) is 26.4 Å². The molecule has 3 rings (SSSR count). The van der Waals surface area contributed by atoms with Crippen molar-refractivity contribution in [2.75, 3.05) is 10.0 Å². The fourth-order valence-corrected chi connectivity index (χ4v) is 3.58. The molecule has 0 aliphatic rings. The average molecular weight is 439 g/mol. The van der Waals surface area contributed by atoms with Gasteiger partial charge in [0.05, 0.1) is 21.7 Å². The Morgan fingerprint density at radius 1 is 1.03 bits per heavy atom. The fourth-order valence-electron chi connectivity index (χ4n) is 2.54. The molecule has 0 unspecified atom stereocenters. The Morgan fingerprint density at radius 3 is 2.23 bits per heavy atom. The molecule has 0 saturated heterocycles. The van der Waals surface area contributed by atoms with E-state index < -0.39 is 33.2 Å². The van der Waals surface area contributed by atoms with Crippen molar-refractivity contribution >= 4 is 27.5 Å². The molecule has 0 radical (unpaired) electrons. The summed E-state index contributed by atoms with van der Waals surface area (Å²) in [6.45, 7) is 3.30. The molecule has 158 valence electrons. The smallest absolute Gasteiger partial charge is 0.337 e. The Balaban J connectivity index is 1.78. The third-order valence-corrected chi connectivity index (χ3v) is 5.63. The number of rotatable bonds is 5. The summed E-state index contributed by atoms with van der Waals surface area (Å²) in [5.74, 6) is -0.988. The maximum absolute atomic E-state index is 13.1. The lowest BCUT2D eigenvalue weighted by atomic mass is 10.1. The van der Waals surface area contributed by atoms with Gasteiger partial charge in [-0.1, -0.05) is 17.3 Å². The first-order chi connectivity index (χ1) is 14.0. The second-order valence-corrected chi connectivity index (χ2v) is 8.03. The molecule has 0 spiro atoms. The molecule has 7 nitrogen and oxygen atoms in total. The Kier molecular flexibility index (Phi) is 5.57. The van der Waals surface area contributed by atoms with Crippen molar-refractivity contribution in [2.24, 2.45) is 0 Å². The van der Waals surface area contributed by atoms with Crippen molar-refractivity contribution in [1.29, 1.82) is 0 Å². The van der Waals surface area contributed by atoms with Crippen LogP contribution in [0.3, 0.4) is 0 Å². The highest BCUT2D eigenvalue weighted by Gasteiger charge is 2.34. The van der Waals surface area contributed by atoms with Gasteiger partial charge in [0.15, 0.2) is 0 Å². The Morgan fingerprint density at radius 2 is 1.67 bits per heavy atom. The fraction of sp³-hybridized carbons (Fsp3) is 0.158. The average Bonchev–Trinajstić information content (AvgIpc) is 2.99. The van der Waals surface area contributed by atoms with E-state index in [4.69, 9.17) is 4.52 Å². The van der Waals surface area contributed by atoms with E-state index in [1.54, 1.807) is 13.8 Å². The van der Waals surface area contributed by atoms with Crippen LogP contribution in [0.25, 0.3) is 0 Å². The first-order valence-electron chi connectivity index (χ1n) is 8.52. The molecule has 2 N–H and O–H groups in total. The zero-order valence-corrected chi connectivity index (χ0v) is 16.6. The molecule has 0 aliphatic carbocycles. The quantitative estimate of drug-likeness (QED) is 0.615. The molecule has 3 aromatic rings. The normalized spacial score (nSPS) is 11.9. The first-order valence-corrected chi connectivity index (χ1v) is 10.0. The van der Waals surface area contributed by atoms with Crippen LogP contribution in [-0.4, -0.2) is 19.5 Å². The van der Waals surface area contributed by atoms with Crippen LogP contribution < -0.4 is 10.0 Å². The van der Waals surface area contributed by atoms with Crippen molar-refractivity contribution in [3.05, 3.63) is 70.9 Å². The van der Waals surface area contributed by atoms with Gasteiger partial charge in [-0.2, -0.15) is 13.2 Å². The molecule has 0 atom stereocenters. The number of sulfonamides is 1. The van der Waals surface area contributed by atoms with Crippen LogP contribution in [0, 0.1) is 13.8 Å². The van der Waals surface area contributed by atoms with Crippen LogP contribution in [0.4, 0.5) is 24.7 Å². The minimum absolute atomic E-state index is 0.0198. The highest BCUT2D eigenvalue weighted by Crippen LogP contribution is 2.32. The number of nitrogens with zero attached hydrogens (tertiary/aromatic N) is 1. The van der Waals surface area contributed by atoms with Crippen LogP contribution in [0.1, 0.15) is 27.2 Å². The number of benzene rings is 2. The van der Waals surface area contributed by atoms with Crippen LogP contribution in [0.2, 0.25) is 0 Å². The number of aryl methyl sites for hydroxylation is 1. The molecule has 0 aliphatic heterocycles. The minimum Gasteiger partial charge on any atom is -0.337 e. The largest absolute Gasteiger partial charge is 0.417 e. The molecule has 30 heavy (non-hydrogen) atoms. The Labute approximate surface area is 169 Å². The number of halogens is 3. The van der Waals surface area contributed by atoms with Gasteiger partial charge in [-0.05, 0) is 50.2 Å². The van der Waals surface area contributed by atoms with Gasteiger partial charge in [-0.3, -0.25) is 4.79 Å². The predicted octanol–water partition coefficient (Wildman–Crippen LogP) is 4.36. The van der Waals surface area contributed by atoms with E-state index in [1.165, 1.54) is 36.4 Å². The summed E-state index contributed by atoms with van der Waals surface area (Å²) < 4.78 is 71.3. The van der Waals surface area contributed by atoms with Crippen LogP contribution in [-0.2, 0) is 16.2 Å². The number of carbonyl (C=O) groups is 1. The van der Waals surface area contributed by atoms with E-state index >= 15 is 0 Å². The van der Waals surface area contributed by atoms with Crippen molar-refractivity contribution < 1.29 is 30.9 Å². The number of anilines is 2. The van der Waals surface area contributed by atoms with Crippen LogP contribution >= 0.6 is 0 Å². The van der Waals surface area contributed by atoms with Crippen LogP contribution in [0.5, 0.6) is 0 Å². The lowest BCUT2D eigenvalue weighted by Crippen LogP contribution is -2.18. The Hall–Kier alpha value is -3.34. The summed E-state index contributed by atoms with van der Waals surface area (Å²) in [6.07, 6.45) is -4.69. The predicted molar refractivity (Wildman–Crippen MR) is 103 cm³/mol. The summed E-state index contributed by atoms with van der Waals surface area (Å²) in [5.41, 5.74) is -0.415. The molecule has 0 bridgehead atoms. The van der Waals surface area contributed by atoms with E-state index in [-0.39, 0.29) is 16.5 Å². The molecule has 11 heteroatoms. The zero-order valence-electron chi connectivity index (χ0n) is 15.7. The van der Waals surface area contributed by atoms with Gasteiger partial charge < -0.3 is 9.84 Å². The second-order valence-electron chi connectivity index (χ2n) is 6.35. The third-order valence-electron chi connectivity index (χ3n) is 4.28. The van der Waals surface area contributed by atoms with Gasteiger partial charge in [-0.25, -0.2) is 13.1 Å². The summed E-state index contributed by atoms with van der Waals surface area (Å²) in [5, 5.41) is 5.99. The summed E-state index contributed by atoms with van der Waals surface area (Å²) in [7, 11) is -3.99. The van der Waals surface area contributed by atoms with E-state index in [0.717, 1.165) is 12.1 Å². The molecule has 0 fully saturated rings. The van der Waals surface area contributed by atoms with Crippen molar-refractivity contribution in [1.82, 2.24) is 5.16 Å². The maximum atomic E-state index is 13.1. The number of alkyl halides is 3. The number of hydrogen-bond donors (Lipinski definition) is 2. The lowest BCUT2D eigenvalue weighted by Gasteiger charge is -2.13. The maximum Gasteiger partial charge on any atom is 0.417 e. The van der Waals surface area contributed by atoms with E-state index in [0.29, 0.717) is 11.3 Å². The van der Waals surface area contributed by atoms with Gasteiger partial charge in [0.2, 0.25) is 5.88 Å². The van der Waals surface area contributed by atoms with Gasteiger partial charge in [0.1, 0.15) is 0 Å². The lowest BCUT2D eigenvalue weighted by molar-refractivity contribution is -0.137. The molecule has 2 aromatic carbocycles. The number of hydrogen-bond acceptors (Lipinski definition) is 5. The van der Waals surface area contributed by atoms with Crippen molar-refractivity contribution in [3.63, 3.8) is 0 Å². The monoisotopic (exact) mass is 439 g/mol. The van der Waals surface area contributed by atoms with Gasteiger partial charge in [0, 0.05) is 11.3 Å². The molecule has 1 heterocycles. The molecule has 1 aromatic heterocycles. The Bertz CT molecular complexity index is 1190. The number of aromatic nitrogens is 1. The SMILES string of the molecule is Cc1noc(NS(=O)(=O)c2ccc(NC(=O)c3ccccc3C(F)(F)F)cc2)c1C. The molecular weight excluding hydrogens is 423 g/mol. The standard InChI is InChI=1S/C19H16F3N3O4S/c1-11-12(2)24-29-18(11)25-30(27,28)14-9-7-13(8-10-14)23-17(26)15-5-3-4-6-16(15)19(20,21)22/h3-10,25H,1-2H3,(H,23,26). The highest BCUT2D eigenvalue weighted by molar-refractivity contribution is 7.92. The second kappa shape index (κ2) is 7.82. The summed E-state index contributed by atoms with van der Waals surface area (Å²) in [6, 6.07) is 9.30. The minimum atomic E-state index is -4.69. The number of nitrogens with one attached hydrogen (secondary N) is 2. The van der Waals surface area contributed by atoms with E-state index in [1.807, 2.05) is 0 Å². The topological polar surface area (TPSA) is 101 Å². The number of carbonyl (C=O) groups excluding carboxylic acids is 1. The first kappa shape index (κ1) is 21.4. The molecule has 1 amide bonds. The van der Waals surface area contributed by atoms with Crippen LogP contribution in [0.15, 0.2) is 57.9 Å². The highest BCUT2D eigenvalue weighted by atomic mass is 32.2. The summed E-state index contributed by atoms with van der Waals surface area (Å²) >= 11 is 0. The van der Waals surface area contributed by atoms with E-state index in [2.05, 4.69) is 15.2 Å². The molecule has 0 saturated carbocycles. The third kappa shape index (κ3) is 4.46. The van der Waals surface area contributed by atoms with Gasteiger partial charge >= 0.3 is 6.18 Å². The number of amides is 1. The van der Waals surface area contributed by atoms with Crippen molar-refractivity contribution in [2.45, 2.75) is 24.9 Å².